The van der Waals surface area contributed by atoms with E-state index in [0.717, 1.165) is 6.42 Å². The predicted octanol–water partition coefficient (Wildman–Crippen LogP) is 2.61. The second-order valence-electron chi connectivity index (χ2n) is 2.91. The molecule has 0 aliphatic carbocycles. The van der Waals surface area contributed by atoms with Crippen molar-refractivity contribution in [3.63, 3.8) is 0 Å². The zero-order valence-corrected chi connectivity index (χ0v) is 7.64. The summed E-state index contributed by atoms with van der Waals surface area (Å²) in [6, 6.07) is 0. The fourth-order valence-electron chi connectivity index (χ4n) is 1.11. The summed E-state index contributed by atoms with van der Waals surface area (Å²) < 4.78 is 4.83. The van der Waals surface area contributed by atoms with E-state index in [1.54, 1.807) is 0 Å². The van der Waals surface area contributed by atoms with Gasteiger partial charge in [0, 0.05) is 0 Å². The highest BCUT2D eigenvalue weighted by Gasteiger charge is 2.04. The van der Waals surface area contributed by atoms with Gasteiger partial charge in [-0.05, 0) is 12.3 Å². The van der Waals surface area contributed by atoms with Crippen LogP contribution in [0.1, 0.15) is 39.5 Å². The van der Waals surface area contributed by atoms with Crippen molar-refractivity contribution in [1.82, 2.24) is 0 Å². The minimum atomic E-state index is -0.386. The zero-order chi connectivity index (χ0) is 8.53. The van der Waals surface area contributed by atoms with E-state index in [1.807, 2.05) is 0 Å². The molecule has 0 bridgehead atoms. The molecule has 0 aliphatic heterocycles. The topological polar surface area (TPSA) is 29.1 Å². The Labute approximate surface area is 69.6 Å². The van der Waals surface area contributed by atoms with Crippen LogP contribution in [0.15, 0.2) is 0 Å². The molecule has 0 heterocycles. The maximum Gasteiger partial charge on any atom is 0.180 e. The van der Waals surface area contributed by atoms with E-state index in [4.69, 9.17) is 4.74 Å². The maximum atomic E-state index is 10.0. The van der Waals surface area contributed by atoms with Crippen LogP contribution in [0.4, 0.5) is 0 Å². The van der Waals surface area contributed by atoms with Crippen molar-refractivity contribution >= 4 is 0 Å². The minimum absolute atomic E-state index is 0.386. The molecule has 2 nitrogen and oxygen atoms in total. The van der Waals surface area contributed by atoms with E-state index in [-0.39, 0.29) is 6.79 Å². The third-order valence-corrected chi connectivity index (χ3v) is 1.98. The van der Waals surface area contributed by atoms with Crippen LogP contribution >= 0.6 is 0 Å². The number of rotatable bonds is 7. The lowest BCUT2D eigenvalue weighted by molar-refractivity contribution is -0.0572. The van der Waals surface area contributed by atoms with Crippen LogP contribution in [0, 0.1) is 5.92 Å². The third-order valence-electron chi connectivity index (χ3n) is 1.98. The minimum Gasteiger partial charge on any atom is -0.352 e. The molecule has 0 aromatic heterocycles. The monoisotopic (exact) mass is 159 g/mol. The van der Waals surface area contributed by atoms with Crippen LogP contribution < -0.4 is 0 Å². The van der Waals surface area contributed by atoms with E-state index < -0.39 is 0 Å². The number of unbranched alkanes of at least 4 members (excludes halogenated alkanes) is 1. The van der Waals surface area contributed by atoms with Crippen LogP contribution in [0.3, 0.4) is 0 Å². The summed E-state index contributed by atoms with van der Waals surface area (Å²) >= 11 is 0. The summed E-state index contributed by atoms with van der Waals surface area (Å²) in [4.78, 5) is 0. The first kappa shape index (κ1) is 10.9. The van der Waals surface area contributed by atoms with Crippen LogP contribution in [-0.2, 0) is 9.84 Å². The van der Waals surface area contributed by atoms with Gasteiger partial charge in [-0.25, -0.2) is 5.11 Å². The summed E-state index contributed by atoms with van der Waals surface area (Å²) in [5, 5.41) is 10.0. The van der Waals surface area contributed by atoms with E-state index in [0.29, 0.717) is 12.5 Å². The molecule has 1 radical (unpaired) electrons. The molecule has 11 heavy (non-hydrogen) atoms. The quantitative estimate of drug-likeness (QED) is 0.525. The summed E-state index contributed by atoms with van der Waals surface area (Å²) in [5.74, 6) is 0.601. The van der Waals surface area contributed by atoms with Crippen molar-refractivity contribution < 1.29 is 9.84 Å². The van der Waals surface area contributed by atoms with Crippen molar-refractivity contribution in [1.29, 1.82) is 0 Å². The smallest absolute Gasteiger partial charge is 0.180 e. The largest absolute Gasteiger partial charge is 0.352 e. The van der Waals surface area contributed by atoms with Crippen molar-refractivity contribution in [3.8, 4) is 0 Å². The molecule has 0 spiro atoms. The molecule has 0 fully saturated rings. The van der Waals surface area contributed by atoms with Gasteiger partial charge in [0.05, 0.1) is 6.61 Å². The van der Waals surface area contributed by atoms with Gasteiger partial charge in [-0.2, -0.15) is 0 Å². The van der Waals surface area contributed by atoms with Crippen LogP contribution in [0.25, 0.3) is 0 Å². The lowest BCUT2D eigenvalue weighted by Gasteiger charge is -2.12. The SMILES string of the molecule is CCCCC(CC)COC[O]. The lowest BCUT2D eigenvalue weighted by Crippen LogP contribution is -2.08. The first-order valence-electron chi connectivity index (χ1n) is 4.50. The Hall–Kier alpha value is -0.0800. The number of hydrogen-bond acceptors (Lipinski definition) is 1. The van der Waals surface area contributed by atoms with E-state index in [1.165, 1.54) is 19.3 Å². The number of hydrogen-bond donors (Lipinski definition) is 0. The van der Waals surface area contributed by atoms with Crippen LogP contribution in [-0.4, -0.2) is 13.4 Å². The molecule has 0 saturated carbocycles. The van der Waals surface area contributed by atoms with Gasteiger partial charge < -0.3 is 4.74 Å². The molecule has 0 aliphatic rings. The third kappa shape index (κ3) is 6.32. The van der Waals surface area contributed by atoms with E-state index >= 15 is 0 Å². The van der Waals surface area contributed by atoms with Gasteiger partial charge in [0.15, 0.2) is 6.79 Å². The molecule has 2 heteroatoms. The first-order valence-corrected chi connectivity index (χ1v) is 4.50. The Kier molecular flexibility index (Phi) is 7.96. The fraction of sp³-hybridized carbons (Fsp3) is 1.00. The molecular weight excluding hydrogens is 140 g/mol. The Bertz CT molecular complexity index is 66.0. The van der Waals surface area contributed by atoms with Gasteiger partial charge in [-0.15, -0.1) is 0 Å². The van der Waals surface area contributed by atoms with Crippen LogP contribution in [0.5, 0.6) is 0 Å². The zero-order valence-electron chi connectivity index (χ0n) is 7.64. The second-order valence-corrected chi connectivity index (χ2v) is 2.91. The highest BCUT2D eigenvalue weighted by atomic mass is 16.6. The predicted molar refractivity (Wildman–Crippen MR) is 44.8 cm³/mol. The number of ether oxygens (including phenoxy) is 1. The van der Waals surface area contributed by atoms with E-state index in [9.17, 15) is 5.11 Å². The second kappa shape index (κ2) is 8.02. The Morgan fingerprint density at radius 3 is 2.55 bits per heavy atom. The van der Waals surface area contributed by atoms with Gasteiger partial charge >= 0.3 is 0 Å². The van der Waals surface area contributed by atoms with Gasteiger partial charge in [0.2, 0.25) is 0 Å². The highest BCUT2D eigenvalue weighted by Crippen LogP contribution is 2.12. The van der Waals surface area contributed by atoms with Crippen molar-refractivity contribution in [2.24, 2.45) is 5.92 Å². The van der Waals surface area contributed by atoms with Gasteiger partial charge in [0.25, 0.3) is 0 Å². The molecule has 0 aromatic rings. The summed E-state index contributed by atoms with van der Waals surface area (Å²) in [5.41, 5.74) is 0. The van der Waals surface area contributed by atoms with Gasteiger partial charge in [-0.1, -0.05) is 33.1 Å². The molecule has 1 unspecified atom stereocenters. The van der Waals surface area contributed by atoms with Gasteiger partial charge in [-0.3, -0.25) is 0 Å². The fourth-order valence-corrected chi connectivity index (χ4v) is 1.11. The van der Waals surface area contributed by atoms with E-state index in [2.05, 4.69) is 13.8 Å². The maximum absolute atomic E-state index is 10.0. The average Bonchev–Trinajstić information content (AvgIpc) is 2.05. The first-order chi connectivity index (χ1) is 5.35. The molecule has 0 aromatic carbocycles. The molecule has 0 rings (SSSR count). The summed E-state index contributed by atoms with van der Waals surface area (Å²) in [7, 11) is 0. The summed E-state index contributed by atoms with van der Waals surface area (Å²) in [6.07, 6.45) is 4.81. The molecule has 0 amide bonds. The Morgan fingerprint density at radius 1 is 1.36 bits per heavy atom. The Balaban J connectivity index is 3.25. The Morgan fingerprint density at radius 2 is 2.09 bits per heavy atom. The van der Waals surface area contributed by atoms with Crippen molar-refractivity contribution in [2.45, 2.75) is 39.5 Å². The molecule has 0 N–H and O–H groups in total. The molecular formula is C9H19O2. The van der Waals surface area contributed by atoms with Crippen molar-refractivity contribution in [3.05, 3.63) is 0 Å². The van der Waals surface area contributed by atoms with Crippen LogP contribution in [0.2, 0.25) is 0 Å². The normalized spacial score (nSPS) is 13.4. The lowest BCUT2D eigenvalue weighted by atomic mass is 10.0. The molecule has 0 saturated heterocycles. The van der Waals surface area contributed by atoms with Gasteiger partial charge in [0.1, 0.15) is 0 Å². The summed E-state index contributed by atoms with van der Waals surface area (Å²) in [6.45, 7) is 4.60. The average molecular weight is 159 g/mol. The standard InChI is InChI=1S/C9H19O2/c1-3-5-6-9(4-2)7-11-8-10/h9H,3-8H2,1-2H3. The highest BCUT2D eigenvalue weighted by molar-refractivity contribution is 4.54. The molecule has 1 atom stereocenters. The van der Waals surface area contributed by atoms with Crippen molar-refractivity contribution in [2.75, 3.05) is 13.4 Å². The molecule has 67 valence electrons.